The molecule has 1 unspecified atom stereocenters. The molecule has 2 nitrogen and oxygen atoms in total. The summed E-state index contributed by atoms with van der Waals surface area (Å²) < 4.78 is 0. The molecule has 15 heavy (non-hydrogen) atoms. The van der Waals surface area contributed by atoms with Gasteiger partial charge in [-0.05, 0) is 23.3 Å². The zero-order valence-corrected chi connectivity index (χ0v) is 10.7. The number of hydrogen-bond acceptors (Lipinski definition) is 3. The van der Waals surface area contributed by atoms with Gasteiger partial charge < -0.3 is 5.11 Å². The fourth-order valence-corrected chi connectivity index (χ4v) is 2.55. The van der Waals surface area contributed by atoms with Gasteiger partial charge in [0.05, 0.1) is 0 Å². The van der Waals surface area contributed by atoms with Crippen molar-refractivity contribution in [2.75, 3.05) is 12.4 Å². The van der Waals surface area contributed by atoms with Crippen LogP contribution in [0.1, 0.15) is 12.5 Å². The molecule has 1 atom stereocenters. The van der Waals surface area contributed by atoms with E-state index >= 15 is 0 Å². The van der Waals surface area contributed by atoms with Crippen LogP contribution in [0.3, 0.4) is 0 Å². The van der Waals surface area contributed by atoms with E-state index in [1.807, 2.05) is 6.92 Å². The maximum atomic E-state index is 8.85. The molecule has 1 rings (SSSR count). The van der Waals surface area contributed by atoms with Crippen molar-refractivity contribution in [3.8, 4) is 0 Å². The van der Waals surface area contributed by atoms with Gasteiger partial charge in [0, 0.05) is 23.6 Å². The number of nitrogens with zero attached hydrogens (tertiary/aromatic N) is 1. The highest BCUT2D eigenvalue weighted by Gasteiger charge is 2.04. The molecule has 0 aliphatic carbocycles. The number of pyridine rings is 1. The van der Waals surface area contributed by atoms with Gasteiger partial charge in [0.25, 0.3) is 0 Å². The van der Waals surface area contributed by atoms with Crippen molar-refractivity contribution in [1.29, 1.82) is 0 Å². The minimum Gasteiger partial charge on any atom is -0.396 e. The summed E-state index contributed by atoms with van der Waals surface area (Å²) in [5.41, 5.74) is 0.983. The van der Waals surface area contributed by atoms with Crippen LogP contribution in [0.4, 0.5) is 0 Å². The first-order valence-electron chi connectivity index (χ1n) is 4.62. The molecule has 0 aliphatic rings. The second kappa shape index (κ2) is 6.59. The summed E-state index contributed by atoms with van der Waals surface area (Å²) in [5, 5.41) is 9.92. The van der Waals surface area contributed by atoms with Gasteiger partial charge in [-0.3, -0.25) is 0 Å². The van der Waals surface area contributed by atoms with Crippen LogP contribution in [0.25, 0.3) is 0 Å². The van der Waals surface area contributed by atoms with Crippen molar-refractivity contribution in [3.05, 3.63) is 28.0 Å². The molecule has 1 N–H and O–H groups in total. The Morgan fingerprint density at radius 1 is 1.53 bits per heavy atom. The number of hydrogen-bond donors (Lipinski definition) is 1. The van der Waals surface area contributed by atoms with Gasteiger partial charge in [0.1, 0.15) is 5.15 Å². The fraction of sp³-hybridized carbons (Fsp3) is 0.500. The standard InChI is InChI=1S/C10H13Cl2NOS/c1-7(4-14)5-15-6-8-3-13-10(12)2-9(8)11/h2-3,7,14H,4-6H2,1H3. The molecule has 0 saturated heterocycles. The molecule has 1 aromatic rings. The van der Waals surface area contributed by atoms with Crippen LogP contribution in [0.2, 0.25) is 10.2 Å². The van der Waals surface area contributed by atoms with Crippen LogP contribution < -0.4 is 0 Å². The van der Waals surface area contributed by atoms with Crippen LogP contribution in [-0.4, -0.2) is 22.5 Å². The van der Waals surface area contributed by atoms with E-state index in [2.05, 4.69) is 4.98 Å². The first-order chi connectivity index (χ1) is 7.13. The van der Waals surface area contributed by atoms with E-state index in [4.69, 9.17) is 28.3 Å². The molecular weight excluding hydrogens is 253 g/mol. The van der Waals surface area contributed by atoms with Gasteiger partial charge in [0.15, 0.2) is 0 Å². The predicted molar refractivity (Wildman–Crippen MR) is 66.7 cm³/mol. The number of rotatable bonds is 5. The van der Waals surface area contributed by atoms with Crippen LogP contribution in [-0.2, 0) is 5.75 Å². The van der Waals surface area contributed by atoms with Gasteiger partial charge in [-0.2, -0.15) is 11.8 Å². The lowest BCUT2D eigenvalue weighted by atomic mass is 10.2. The Bertz CT molecular complexity index is 322. The van der Waals surface area contributed by atoms with Crippen molar-refractivity contribution in [2.24, 2.45) is 5.92 Å². The van der Waals surface area contributed by atoms with Gasteiger partial charge in [-0.15, -0.1) is 0 Å². The monoisotopic (exact) mass is 265 g/mol. The molecule has 0 saturated carbocycles. The Morgan fingerprint density at radius 3 is 2.87 bits per heavy atom. The summed E-state index contributed by atoms with van der Waals surface area (Å²) >= 11 is 13.4. The Labute approximate surface area is 104 Å². The van der Waals surface area contributed by atoms with Crippen LogP contribution in [0.5, 0.6) is 0 Å². The van der Waals surface area contributed by atoms with E-state index in [0.29, 0.717) is 16.1 Å². The van der Waals surface area contributed by atoms with Crippen molar-refractivity contribution in [2.45, 2.75) is 12.7 Å². The van der Waals surface area contributed by atoms with Crippen molar-refractivity contribution >= 4 is 35.0 Å². The van der Waals surface area contributed by atoms with E-state index in [0.717, 1.165) is 17.1 Å². The highest BCUT2D eigenvalue weighted by Crippen LogP contribution is 2.23. The highest BCUT2D eigenvalue weighted by molar-refractivity contribution is 7.98. The third-order valence-corrected chi connectivity index (χ3v) is 3.75. The second-order valence-electron chi connectivity index (χ2n) is 3.40. The Hall–Kier alpha value is 0.0400. The normalized spacial score (nSPS) is 12.8. The van der Waals surface area contributed by atoms with Gasteiger partial charge in [-0.25, -0.2) is 4.98 Å². The van der Waals surface area contributed by atoms with E-state index in [1.54, 1.807) is 24.0 Å². The summed E-state index contributed by atoms with van der Waals surface area (Å²) in [6.07, 6.45) is 1.70. The maximum absolute atomic E-state index is 8.85. The minimum atomic E-state index is 0.222. The minimum absolute atomic E-state index is 0.222. The molecule has 0 aliphatic heterocycles. The lowest BCUT2D eigenvalue weighted by molar-refractivity contribution is 0.250. The smallest absolute Gasteiger partial charge is 0.130 e. The molecule has 0 radical (unpaired) electrons. The SMILES string of the molecule is CC(CO)CSCc1cnc(Cl)cc1Cl. The molecule has 5 heteroatoms. The summed E-state index contributed by atoms with van der Waals surface area (Å²) in [5.74, 6) is 2.03. The average Bonchev–Trinajstić information content (AvgIpc) is 2.21. The van der Waals surface area contributed by atoms with E-state index in [9.17, 15) is 0 Å². The van der Waals surface area contributed by atoms with Crippen LogP contribution >= 0.6 is 35.0 Å². The van der Waals surface area contributed by atoms with Crippen molar-refractivity contribution < 1.29 is 5.11 Å². The molecule has 0 aromatic carbocycles. The molecular formula is C10H13Cl2NOS. The first kappa shape index (κ1) is 13.1. The molecule has 1 aromatic heterocycles. The van der Waals surface area contributed by atoms with Crippen LogP contribution in [0, 0.1) is 5.92 Å². The van der Waals surface area contributed by atoms with Crippen molar-refractivity contribution in [1.82, 2.24) is 4.98 Å². The Morgan fingerprint density at radius 2 is 2.27 bits per heavy atom. The van der Waals surface area contributed by atoms with Gasteiger partial charge >= 0.3 is 0 Å². The van der Waals surface area contributed by atoms with E-state index in [1.165, 1.54) is 0 Å². The number of thioether (sulfide) groups is 1. The Kier molecular flexibility index (Phi) is 5.75. The maximum Gasteiger partial charge on any atom is 0.130 e. The second-order valence-corrected chi connectivity index (χ2v) is 5.23. The summed E-state index contributed by atoms with van der Waals surface area (Å²) in [7, 11) is 0. The number of aliphatic hydroxyl groups excluding tert-OH is 1. The quantitative estimate of drug-likeness (QED) is 0.830. The first-order valence-corrected chi connectivity index (χ1v) is 6.53. The third-order valence-electron chi connectivity index (χ3n) is 1.87. The van der Waals surface area contributed by atoms with Gasteiger partial charge in [-0.1, -0.05) is 30.1 Å². The molecule has 0 amide bonds. The summed E-state index contributed by atoms with van der Waals surface area (Å²) in [6.45, 7) is 2.23. The fourth-order valence-electron chi connectivity index (χ4n) is 0.965. The highest BCUT2D eigenvalue weighted by atomic mass is 35.5. The molecule has 0 spiro atoms. The summed E-state index contributed by atoms with van der Waals surface area (Å²) in [4.78, 5) is 3.98. The van der Waals surface area contributed by atoms with E-state index in [-0.39, 0.29) is 6.61 Å². The number of aromatic nitrogens is 1. The average molecular weight is 266 g/mol. The largest absolute Gasteiger partial charge is 0.396 e. The summed E-state index contributed by atoms with van der Waals surface area (Å²) in [6, 6.07) is 1.65. The van der Waals surface area contributed by atoms with Gasteiger partial charge in [0.2, 0.25) is 0 Å². The molecule has 0 bridgehead atoms. The number of halogens is 2. The lowest BCUT2D eigenvalue weighted by Gasteiger charge is -2.07. The van der Waals surface area contributed by atoms with Crippen LogP contribution in [0.15, 0.2) is 12.3 Å². The zero-order chi connectivity index (χ0) is 11.3. The molecule has 84 valence electrons. The molecule has 1 heterocycles. The topological polar surface area (TPSA) is 33.1 Å². The number of aliphatic hydroxyl groups is 1. The lowest BCUT2D eigenvalue weighted by Crippen LogP contribution is -2.03. The van der Waals surface area contributed by atoms with Crippen molar-refractivity contribution in [3.63, 3.8) is 0 Å². The zero-order valence-electron chi connectivity index (χ0n) is 8.41. The molecule has 0 fully saturated rings. The Balaban J connectivity index is 2.44. The van der Waals surface area contributed by atoms with E-state index < -0.39 is 0 Å². The third kappa shape index (κ3) is 4.60. The predicted octanol–water partition coefficient (Wildman–Crippen LogP) is 3.25.